The third kappa shape index (κ3) is 3.62. The topological polar surface area (TPSA) is 115 Å². The van der Waals surface area contributed by atoms with Crippen LogP contribution in [0.25, 0.3) is 11.3 Å². The molecular weight excluding hydrogens is 378 g/mol. The highest BCUT2D eigenvalue weighted by Crippen LogP contribution is 2.35. The number of carbonyl (C=O) groups excluding carboxylic acids is 1. The Bertz CT molecular complexity index is 962. The van der Waals surface area contributed by atoms with Crippen LogP contribution in [0, 0.1) is 0 Å². The van der Waals surface area contributed by atoms with E-state index in [0.29, 0.717) is 18.4 Å². The maximum absolute atomic E-state index is 11.9. The summed E-state index contributed by atoms with van der Waals surface area (Å²) in [6, 6.07) is 4.24. The van der Waals surface area contributed by atoms with Crippen LogP contribution in [-0.4, -0.2) is 35.5 Å². The SMILES string of the molecule is CS(=O)(=O)c1cc(Cl)cc(-c2nn(C3(O)CCCCC3)cc2C(N)=O)c1. The highest BCUT2D eigenvalue weighted by molar-refractivity contribution is 7.90. The van der Waals surface area contributed by atoms with Crippen LogP contribution in [0.15, 0.2) is 29.3 Å². The van der Waals surface area contributed by atoms with E-state index in [1.807, 2.05) is 0 Å². The summed E-state index contributed by atoms with van der Waals surface area (Å²) in [5, 5.41) is 15.4. The lowest BCUT2D eigenvalue weighted by molar-refractivity contribution is -0.0794. The zero-order valence-corrected chi connectivity index (χ0v) is 15.8. The fourth-order valence-corrected chi connectivity index (χ4v) is 4.22. The Morgan fingerprint density at radius 2 is 1.92 bits per heavy atom. The quantitative estimate of drug-likeness (QED) is 0.821. The lowest BCUT2D eigenvalue weighted by Gasteiger charge is -2.32. The van der Waals surface area contributed by atoms with Gasteiger partial charge in [0.1, 0.15) is 5.69 Å². The van der Waals surface area contributed by atoms with Gasteiger partial charge in [0.05, 0.1) is 10.5 Å². The monoisotopic (exact) mass is 397 g/mol. The van der Waals surface area contributed by atoms with Crippen LogP contribution in [0.4, 0.5) is 0 Å². The summed E-state index contributed by atoms with van der Waals surface area (Å²) >= 11 is 6.06. The smallest absolute Gasteiger partial charge is 0.252 e. The van der Waals surface area contributed by atoms with Crippen molar-refractivity contribution in [2.75, 3.05) is 6.26 Å². The van der Waals surface area contributed by atoms with E-state index in [-0.39, 0.29) is 21.2 Å². The minimum absolute atomic E-state index is 0.0151. The number of amides is 1. The molecule has 1 aliphatic carbocycles. The molecule has 2 aromatic rings. The second kappa shape index (κ2) is 6.68. The molecule has 3 rings (SSSR count). The van der Waals surface area contributed by atoms with E-state index in [2.05, 4.69) is 5.10 Å². The molecule has 0 radical (unpaired) electrons. The molecule has 1 aliphatic rings. The van der Waals surface area contributed by atoms with Gasteiger partial charge in [-0.1, -0.05) is 18.0 Å². The van der Waals surface area contributed by atoms with E-state index < -0.39 is 21.5 Å². The van der Waals surface area contributed by atoms with Crippen LogP contribution < -0.4 is 5.73 Å². The molecular formula is C17H20ClN3O4S. The average Bonchev–Trinajstić information content (AvgIpc) is 3.00. The molecule has 0 aliphatic heterocycles. The first kappa shape index (κ1) is 18.9. The van der Waals surface area contributed by atoms with Gasteiger partial charge in [0.15, 0.2) is 15.6 Å². The van der Waals surface area contributed by atoms with Crippen LogP contribution in [0.1, 0.15) is 42.5 Å². The molecule has 0 spiro atoms. The molecule has 0 saturated heterocycles. The van der Waals surface area contributed by atoms with Gasteiger partial charge in [0.25, 0.3) is 5.91 Å². The summed E-state index contributed by atoms with van der Waals surface area (Å²) in [4.78, 5) is 11.9. The Hall–Kier alpha value is -1.90. The molecule has 1 saturated carbocycles. The Morgan fingerprint density at radius 1 is 1.27 bits per heavy atom. The third-order valence-corrected chi connectivity index (χ3v) is 5.94. The molecule has 1 heterocycles. The largest absolute Gasteiger partial charge is 0.369 e. The number of rotatable bonds is 4. The van der Waals surface area contributed by atoms with Gasteiger partial charge in [-0.05, 0) is 43.9 Å². The number of sulfone groups is 1. The fourth-order valence-electron chi connectivity index (χ4n) is 3.24. The predicted molar refractivity (Wildman–Crippen MR) is 97.6 cm³/mol. The molecule has 1 fully saturated rings. The third-order valence-electron chi connectivity index (χ3n) is 4.63. The molecule has 3 N–H and O–H groups in total. The van der Waals surface area contributed by atoms with Crippen molar-refractivity contribution in [2.45, 2.75) is 42.7 Å². The lowest BCUT2D eigenvalue weighted by Crippen LogP contribution is -2.36. The number of nitrogens with two attached hydrogens (primary N) is 1. The molecule has 26 heavy (non-hydrogen) atoms. The molecule has 1 aromatic heterocycles. The number of nitrogens with zero attached hydrogens (tertiary/aromatic N) is 2. The maximum atomic E-state index is 11.9. The summed E-state index contributed by atoms with van der Waals surface area (Å²) in [6.07, 6.45) is 6.28. The highest BCUT2D eigenvalue weighted by Gasteiger charge is 2.33. The maximum Gasteiger partial charge on any atom is 0.252 e. The summed E-state index contributed by atoms with van der Waals surface area (Å²) in [5.41, 5.74) is 4.95. The molecule has 1 aromatic carbocycles. The first-order valence-electron chi connectivity index (χ1n) is 8.23. The van der Waals surface area contributed by atoms with Gasteiger partial charge in [-0.3, -0.25) is 4.79 Å². The van der Waals surface area contributed by atoms with Crippen molar-refractivity contribution in [3.05, 3.63) is 35.0 Å². The van der Waals surface area contributed by atoms with E-state index in [9.17, 15) is 18.3 Å². The number of aromatic nitrogens is 2. The second-order valence-electron chi connectivity index (χ2n) is 6.69. The normalized spacial score (nSPS) is 17.2. The number of aliphatic hydroxyl groups is 1. The van der Waals surface area contributed by atoms with Crippen molar-refractivity contribution in [1.82, 2.24) is 9.78 Å². The lowest BCUT2D eigenvalue weighted by atomic mass is 9.92. The van der Waals surface area contributed by atoms with Gasteiger partial charge < -0.3 is 10.8 Å². The van der Waals surface area contributed by atoms with Gasteiger partial charge in [-0.2, -0.15) is 5.10 Å². The van der Waals surface area contributed by atoms with E-state index in [4.69, 9.17) is 17.3 Å². The van der Waals surface area contributed by atoms with E-state index in [0.717, 1.165) is 25.5 Å². The number of halogens is 1. The summed E-state index contributed by atoms with van der Waals surface area (Å²) in [6.45, 7) is 0. The van der Waals surface area contributed by atoms with Crippen LogP contribution in [-0.2, 0) is 15.6 Å². The van der Waals surface area contributed by atoms with Crippen molar-refractivity contribution < 1.29 is 18.3 Å². The summed E-state index contributed by atoms with van der Waals surface area (Å²) in [7, 11) is -3.50. The van der Waals surface area contributed by atoms with E-state index in [1.54, 1.807) is 0 Å². The first-order valence-corrected chi connectivity index (χ1v) is 10.5. The van der Waals surface area contributed by atoms with Gasteiger partial charge in [0, 0.05) is 23.0 Å². The van der Waals surface area contributed by atoms with Gasteiger partial charge in [-0.25, -0.2) is 13.1 Å². The van der Waals surface area contributed by atoms with Gasteiger partial charge in [-0.15, -0.1) is 0 Å². The van der Waals surface area contributed by atoms with E-state index >= 15 is 0 Å². The Labute approximate surface area is 156 Å². The Balaban J connectivity index is 2.16. The minimum Gasteiger partial charge on any atom is -0.369 e. The average molecular weight is 398 g/mol. The predicted octanol–water partition coefficient (Wildman–Crippen LogP) is 2.32. The zero-order valence-electron chi connectivity index (χ0n) is 14.3. The molecule has 9 heteroatoms. The van der Waals surface area contributed by atoms with Crippen molar-refractivity contribution in [1.29, 1.82) is 0 Å². The van der Waals surface area contributed by atoms with Crippen LogP contribution in [0.2, 0.25) is 5.02 Å². The molecule has 7 nitrogen and oxygen atoms in total. The van der Waals surface area contributed by atoms with E-state index in [1.165, 1.54) is 29.1 Å². The van der Waals surface area contributed by atoms with Crippen molar-refractivity contribution >= 4 is 27.3 Å². The van der Waals surface area contributed by atoms with Crippen LogP contribution in [0.3, 0.4) is 0 Å². The first-order chi connectivity index (χ1) is 12.1. The minimum atomic E-state index is -3.50. The zero-order chi connectivity index (χ0) is 19.1. The number of benzene rings is 1. The van der Waals surface area contributed by atoms with Crippen molar-refractivity contribution in [3.63, 3.8) is 0 Å². The molecule has 0 bridgehead atoms. The molecule has 140 valence electrons. The number of hydrogen-bond donors (Lipinski definition) is 2. The fraction of sp³-hybridized carbons (Fsp3) is 0.412. The molecule has 1 amide bonds. The standard InChI is InChI=1S/C17H20ClN3O4S/c1-26(24,25)13-8-11(7-12(18)9-13)15-14(16(19)22)10-21(20-15)17(23)5-3-2-4-6-17/h7-10,23H,2-6H2,1H3,(H2,19,22). The number of carbonyl (C=O) groups is 1. The molecule has 0 unspecified atom stereocenters. The number of hydrogen-bond acceptors (Lipinski definition) is 5. The van der Waals surface area contributed by atoms with Crippen molar-refractivity contribution in [3.8, 4) is 11.3 Å². The van der Waals surface area contributed by atoms with Crippen LogP contribution in [0.5, 0.6) is 0 Å². The van der Waals surface area contributed by atoms with Crippen molar-refractivity contribution in [2.24, 2.45) is 5.73 Å². The number of primary amides is 1. The van der Waals surface area contributed by atoms with Crippen LogP contribution >= 0.6 is 11.6 Å². The summed E-state index contributed by atoms with van der Waals surface area (Å²) < 4.78 is 25.1. The van der Waals surface area contributed by atoms with Gasteiger partial charge >= 0.3 is 0 Å². The molecule has 0 atom stereocenters. The Kier molecular flexibility index (Phi) is 4.85. The Morgan fingerprint density at radius 3 is 2.50 bits per heavy atom. The summed E-state index contributed by atoms with van der Waals surface area (Å²) in [5.74, 6) is -0.716. The van der Waals surface area contributed by atoms with Gasteiger partial charge in [0.2, 0.25) is 0 Å². The highest BCUT2D eigenvalue weighted by atomic mass is 35.5. The second-order valence-corrected chi connectivity index (χ2v) is 9.14.